The molecule has 0 aliphatic heterocycles. The third kappa shape index (κ3) is 3.12. The molecule has 4 heteroatoms. The minimum absolute atomic E-state index is 0.176. The number of aromatic nitrogens is 2. The maximum atomic E-state index is 5.85. The molecule has 1 aromatic carbocycles. The van der Waals surface area contributed by atoms with Crippen molar-refractivity contribution in [3.8, 4) is 0 Å². The molecular weight excluding hydrogens is 250 g/mol. The lowest BCUT2D eigenvalue weighted by Crippen LogP contribution is -2.22. The predicted octanol–water partition coefficient (Wildman–Crippen LogP) is 3.24. The number of hydrogen-bond acceptors (Lipinski definition) is 3. The minimum atomic E-state index is 0.176. The number of nitrogen functional groups attached to an aromatic ring is 1. The molecule has 0 amide bonds. The molecule has 2 aromatic rings. The third-order valence-corrected chi connectivity index (χ3v) is 3.74. The number of hydrogen-bond donors (Lipinski definition) is 1. The fraction of sp³-hybridized carbons (Fsp3) is 0.562. The van der Waals surface area contributed by atoms with E-state index in [1.54, 1.807) is 7.11 Å². The van der Waals surface area contributed by atoms with Crippen molar-refractivity contribution in [1.29, 1.82) is 0 Å². The van der Waals surface area contributed by atoms with Crippen LogP contribution in [0.3, 0.4) is 0 Å². The van der Waals surface area contributed by atoms with E-state index in [0.29, 0.717) is 0 Å². The molecule has 0 atom stereocenters. The van der Waals surface area contributed by atoms with Crippen LogP contribution < -0.4 is 5.73 Å². The van der Waals surface area contributed by atoms with Crippen molar-refractivity contribution in [2.75, 3.05) is 19.5 Å². The van der Waals surface area contributed by atoms with Crippen molar-refractivity contribution in [2.45, 2.75) is 40.2 Å². The molecule has 2 N–H and O–H groups in total. The number of nitrogens with zero attached hydrogens (tertiary/aromatic N) is 2. The maximum Gasteiger partial charge on any atom is 0.109 e. The normalized spacial score (nSPS) is 12.2. The van der Waals surface area contributed by atoms with Gasteiger partial charge in [-0.15, -0.1) is 0 Å². The first kappa shape index (κ1) is 14.9. The summed E-state index contributed by atoms with van der Waals surface area (Å²) in [5.74, 6) is 1.12. The van der Waals surface area contributed by atoms with Crippen LogP contribution in [0, 0.1) is 5.41 Å². The average molecular weight is 275 g/mol. The molecule has 0 bridgehead atoms. The van der Waals surface area contributed by atoms with Crippen LogP contribution in [0.4, 0.5) is 5.69 Å². The molecule has 0 unspecified atom stereocenters. The Morgan fingerprint density at radius 3 is 2.75 bits per heavy atom. The summed E-state index contributed by atoms with van der Waals surface area (Å²) < 4.78 is 7.54. The Kier molecular flexibility index (Phi) is 4.33. The molecule has 2 rings (SSSR count). The van der Waals surface area contributed by atoms with E-state index < -0.39 is 0 Å². The highest BCUT2D eigenvalue weighted by Gasteiger charge is 2.21. The third-order valence-electron chi connectivity index (χ3n) is 3.74. The lowest BCUT2D eigenvalue weighted by atomic mass is 9.89. The summed E-state index contributed by atoms with van der Waals surface area (Å²) in [6.07, 6.45) is 1.95. The zero-order chi connectivity index (χ0) is 14.8. The topological polar surface area (TPSA) is 53.1 Å². The van der Waals surface area contributed by atoms with Crippen LogP contribution in [0.2, 0.25) is 0 Å². The van der Waals surface area contributed by atoms with Gasteiger partial charge in [0.25, 0.3) is 0 Å². The number of anilines is 1. The monoisotopic (exact) mass is 275 g/mol. The van der Waals surface area contributed by atoms with E-state index in [-0.39, 0.29) is 5.41 Å². The van der Waals surface area contributed by atoms with Crippen LogP contribution in [0.25, 0.3) is 11.0 Å². The molecule has 0 saturated heterocycles. The van der Waals surface area contributed by atoms with E-state index in [1.165, 1.54) is 5.52 Å². The Morgan fingerprint density at radius 1 is 1.35 bits per heavy atom. The van der Waals surface area contributed by atoms with Gasteiger partial charge in [0.1, 0.15) is 5.82 Å². The largest absolute Gasteiger partial charge is 0.399 e. The van der Waals surface area contributed by atoms with Crippen LogP contribution in [0.1, 0.15) is 33.0 Å². The second-order valence-corrected chi connectivity index (χ2v) is 6.12. The zero-order valence-corrected chi connectivity index (χ0v) is 12.9. The van der Waals surface area contributed by atoms with Gasteiger partial charge in [-0.1, -0.05) is 20.8 Å². The molecule has 0 radical (unpaired) electrons. The molecule has 0 spiro atoms. The van der Waals surface area contributed by atoms with E-state index in [9.17, 15) is 0 Å². The second-order valence-electron chi connectivity index (χ2n) is 6.12. The van der Waals surface area contributed by atoms with Gasteiger partial charge in [0.15, 0.2) is 0 Å². The molecule has 1 heterocycles. The molecule has 0 aliphatic carbocycles. The first-order valence-electron chi connectivity index (χ1n) is 7.20. The fourth-order valence-corrected chi connectivity index (χ4v) is 2.53. The van der Waals surface area contributed by atoms with Crippen LogP contribution in [0.5, 0.6) is 0 Å². The van der Waals surface area contributed by atoms with E-state index in [4.69, 9.17) is 15.5 Å². The van der Waals surface area contributed by atoms with E-state index in [1.807, 2.05) is 12.1 Å². The highest BCUT2D eigenvalue weighted by Crippen LogP contribution is 2.27. The Morgan fingerprint density at radius 2 is 2.10 bits per heavy atom. The van der Waals surface area contributed by atoms with Crippen molar-refractivity contribution in [3.05, 3.63) is 24.0 Å². The van der Waals surface area contributed by atoms with Gasteiger partial charge in [-0.25, -0.2) is 4.98 Å². The highest BCUT2D eigenvalue weighted by atomic mass is 16.5. The van der Waals surface area contributed by atoms with Crippen molar-refractivity contribution in [2.24, 2.45) is 5.41 Å². The summed E-state index contributed by atoms with van der Waals surface area (Å²) in [6.45, 7) is 8.42. The number of ether oxygens (including phenoxy) is 1. The van der Waals surface area contributed by atoms with Crippen LogP contribution in [-0.2, 0) is 17.7 Å². The quantitative estimate of drug-likeness (QED) is 0.823. The van der Waals surface area contributed by atoms with Gasteiger partial charge in [0.05, 0.1) is 11.0 Å². The average Bonchev–Trinajstić information content (AvgIpc) is 2.73. The lowest BCUT2D eigenvalue weighted by molar-refractivity contribution is 0.142. The summed E-state index contributed by atoms with van der Waals surface area (Å²) in [7, 11) is 1.75. The number of methoxy groups -OCH3 is 1. The first-order valence-corrected chi connectivity index (χ1v) is 7.20. The van der Waals surface area contributed by atoms with Gasteiger partial charge in [-0.2, -0.15) is 0 Å². The Bertz CT molecular complexity index is 587. The van der Waals surface area contributed by atoms with Gasteiger partial charge in [-0.05, 0) is 30.0 Å². The number of benzene rings is 1. The molecule has 1 aromatic heterocycles. The molecular formula is C16H25N3O. The van der Waals surface area contributed by atoms with Gasteiger partial charge >= 0.3 is 0 Å². The zero-order valence-electron chi connectivity index (χ0n) is 12.9. The predicted molar refractivity (Wildman–Crippen MR) is 83.8 cm³/mol. The lowest BCUT2D eigenvalue weighted by Gasteiger charge is -2.26. The van der Waals surface area contributed by atoms with E-state index in [0.717, 1.165) is 43.0 Å². The summed E-state index contributed by atoms with van der Waals surface area (Å²) in [5.41, 5.74) is 8.95. The van der Waals surface area contributed by atoms with Gasteiger partial charge < -0.3 is 15.0 Å². The molecule has 0 aliphatic rings. The highest BCUT2D eigenvalue weighted by molar-refractivity contribution is 5.79. The van der Waals surface area contributed by atoms with Gasteiger partial charge in [-0.3, -0.25) is 0 Å². The molecule has 0 saturated carbocycles. The maximum absolute atomic E-state index is 5.85. The van der Waals surface area contributed by atoms with E-state index in [2.05, 4.69) is 31.4 Å². The van der Waals surface area contributed by atoms with Crippen LogP contribution >= 0.6 is 0 Å². The van der Waals surface area contributed by atoms with Crippen molar-refractivity contribution in [3.63, 3.8) is 0 Å². The van der Waals surface area contributed by atoms with Gasteiger partial charge in [0, 0.05) is 32.4 Å². The molecule has 4 nitrogen and oxygen atoms in total. The van der Waals surface area contributed by atoms with Crippen LogP contribution in [-0.4, -0.2) is 23.3 Å². The second kappa shape index (κ2) is 5.83. The Hall–Kier alpha value is -1.55. The number of nitrogens with two attached hydrogens (primary N) is 1. The number of rotatable bonds is 6. The summed E-state index contributed by atoms with van der Waals surface area (Å²) in [6, 6.07) is 5.97. The first-order chi connectivity index (χ1) is 9.46. The molecule has 0 fully saturated rings. The summed E-state index contributed by atoms with van der Waals surface area (Å²) in [5, 5.41) is 0. The van der Waals surface area contributed by atoms with Crippen LogP contribution in [0.15, 0.2) is 18.2 Å². The SMILES string of the molecule is CCc1nc2cc(N)ccc2n1CC(C)(C)CCOC. The molecule has 110 valence electrons. The fourth-order valence-electron chi connectivity index (χ4n) is 2.53. The smallest absolute Gasteiger partial charge is 0.109 e. The van der Waals surface area contributed by atoms with Crippen molar-refractivity contribution < 1.29 is 4.74 Å². The number of imidazole rings is 1. The number of fused-ring (bicyclic) bond motifs is 1. The van der Waals surface area contributed by atoms with Gasteiger partial charge in [0.2, 0.25) is 0 Å². The Labute approximate surface area is 120 Å². The standard InChI is InChI=1S/C16H25N3O/c1-5-15-18-13-10-12(17)6-7-14(13)19(15)11-16(2,3)8-9-20-4/h6-7,10H,5,8-9,11,17H2,1-4H3. The van der Waals surface area contributed by atoms with E-state index >= 15 is 0 Å². The summed E-state index contributed by atoms with van der Waals surface area (Å²) >= 11 is 0. The Balaban J connectivity index is 2.37. The number of aryl methyl sites for hydroxylation is 1. The minimum Gasteiger partial charge on any atom is -0.399 e. The molecule has 20 heavy (non-hydrogen) atoms. The summed E-state index contributed by atoms with van der Waals surface area (Å²) in [4.78, 5) is 4.71. The van der Waals surface area contributed by atoms with Crippen molar-refractivity contribution >= 4 is 16.7 Å². The van der Waals surface area contributed by atoms with Crippen molar-refractivity contribution in [1.82, 2.24) is 9.55 Å².